The van der Waals surface area contributed by atoms with Crippen LogP contribution in [0.2, 0.25) is 0 Å². The van der Waals surface area contributed by atoms with Crippen LogP contribution in [0.3, 0.4) is 0 Å². The molecule has 1 aliphatic heterocycles. The fraction of sp³-hybridized carbons (Fsp3) is 0.571. The molecule has 1 aromatic carbocycles. The molecule has 1 aliphatic carbocycles. The minimum absolute atomic E-state index is 0.0319. The van der Waals surface area contributed by atoms with Gasteiger partial charge in [0.25, 0.3) is 0 Å². The van der Waals surface area contributed by atoms with Crippen molar-refractivity contribution in [3.63, 3.8) is 0 Å². The lowest BCUT2D eigenvalue weighted by Gasteiger charge is -2.22. The van der Waals surface area contributed by atoms with E-state index in [0.717, 1.165) is 38.5 Å². The largest absolute Gasteiger partial charge is 0.419 e. The number of anilines is 2. The lowest BCUT2D eigenvalue weighted by molar-refractivity contribution is -0.138. The van der Waals surface area contributed by atoms with Gasteiger partial charge >= 0.3 is 6.18 Å². The summed E-state index contributed by atoms with van der Waals surface area (Å²) in [6.07, 6.45) is 0.867. The number of piperidine rings is 1. The molecule has 2 atom stereocenters. The molecule has 2 aliphatic rings. The van der Waals surface area contributed by atoms with Crippen LogP contribution in [0.25, 0.3) is 0 Å². The Labute approximate surface area is 221 Å². The summed E-state index contributed by atoms with van der Waals surface area (Å²) in [6, 6.07) is 6.81. The zero-order valence-electron chi connectivity index (χ0n) is 21.9. The Morgan fingerprint density at radius 1 is 1.08 bits per heavy atom. The molecule has 10 heteroatoms. The zero-order valence-corrected chi connectivity index (χ0v) is 21.9. The van der Waals surface area contributed by atoms with Crippen molar-refractivity contribution in [2.24, 2.45) is 17.8 Å². The maximum atomic E-state index is 13.8. The van der Waals surface area contributed by atoms with Crippen LogP contribution >= 0.6 is 0 Å². The molecule has 4 rings (SSSR count). The van der Waals surface area contributed by atoms with E-state index in [-0.39, 0.29) is 47.6 Å². The molecule has 0 bridgehead atoms. The number of halogens is 3. The van der Waals surface area contributed by atoms with E-state index in [1.807, 2.05) is 13.8 Å². The average molecular weight is 532 g/mol. The number of hydrogen-bond donors (Lipinski definition) is 3. The highest BCUT2D eigenvalue weighted by Gasteiger charge is 2.39. The first kappa shape index (κ1) is 28.0. The maximum absolute atomic E-state index is 13.8. The van der Waals surface area contributed by atoms with E-state index in [9.17, 15) is 22.8 Å². The molecular formula is C28H36F3N5O2. The van der Waals surface area contributed by atoms with Gasteiger partial charge < -0.3 is 16.0 Å². The Hall–Kier alpha value is -3.01. The normalized spacial score (nSPS) is 20.5. The van der Waals surface area contributed by atoms with Crippen molar-refractivity contribution in [2.45, 2.75) is 71.0 Å². The third-order valence-electron chi connectivity index (χ3n) is 7.45. The Morgan fingerprint density at radius 3 is 2.45 bits per heavy atom. The molecular weight excluding hydrogens is 495 g/mol. The quantitative estimate of drug-likeness (QED) is 0.381. The van der Waals surface area contributed by atoms with Gasteiger partial charge in [-0.15, -0.1) is 0 Å². The monoisotopic (exact) mass is 531 g/mol. The molecule has 0 spiro atoms. The number of hydrogen-bond acceptors (Lipinski definition) is 6. The van der Waals surface area contributed by atoms with Gasteiger partial charge in [-0.1, -0.05) is 6.42 Å². The molecule has 2 fully saturated rings. The molecule has 1 aromatic heterocycles. The number of aromatic nitrogens is 2. The lowest BCUT2D eigenvalue weighted by atomic mass is 9.89. The van der Waals surface area contributed by atoms with Gasteiger partial charge in [0.2, 0.25) is 11.9 Å². The van der Waals surface area contributed by atoms with Gasteiger partial charge in [-0.25, -0.2) is 9.97 Å². The smallest absolute Gasteiger partial charge is 0.354 e. The van der Waals surface area contributed by atoms with Gasteiger partial charge in [-0.05, 0) is 95.1 Å². The highest BCUT2D eigenvalue weighted by molar-refractivity contribution is 5.96. The number of alkyl halides is 3. The molecule has 7 nitrogen and oxygen atoms in total. The van der Waals surface area contributed by atoms with Gasteiger partial charge in [-0.2, -0.15) is 13.2 Å². The van der Waals surface area contributed by atoms with Crippen LogP contribution in [0, 0.1) is 17.8 Å². The molecule has 1 saturated heterocycles. The first-order valence-electron chi connectivity index (χ1n) is 13.4. The molecule has 0 radical (unpaired) electrons. The molecule has 1 amide bonds. The third kappa shape index (κ3) is 7.30. The molecule has 38 heavy (non-hydrogen) atoms. The van der Waals surface area contributed by atoms with E-state index in [1.165, 1.54) is 0 Å². The number of Topliss-reactive ketones (excluding diaryl/α,β-unsaturated/α-hetero) is 1. The topological polar surface area (TPSA) is 96.0 Å². The summed E-state index contributed by atoms with van der Waals surface area (Å²) in [6.45, 7) is 5.59. The predicted octanol–water partition coefficient (Wildman–Crippen LogP) is 5.29. The molecule has 2 aromatic rings. The Bertz CT molecular complexity index is 1110. The van der Waals surface area contributed by atoms with Gasteiger partial charge in [-0.3, -0.25) is 9.59 Å². The van der Waals surface area contributed by atoms with Crippen LogP contribution in [0.15, 0.2) is 30.5 Å². The Kier molecular flexibility index (Phi) is 9.02. The van der Waals surface area contributed by atoms with Gasteiger partial charge in [0, 0.05) is 35.8 Å². The van der Waals surface area contributed by atoms with Crippen LogP contribution in [0.1, 0.15) is 74.0 Å². The molecule has 2 heterocycles. The van der Waals surface area contributed by atoms with Crippen LogP contribution in [0.4, 0.5) is 24.8 Å². The van der Waals surface area contributed by atoms with Crippen molar-refractivity contribution in [3.05, 3.63) is 47.3 Å². The molecule has 1 saturated carbocycles. The number of benzene rings is 1. The van der Waals surface area contributed by atoms with Gasteiger partial charge in [0.15, 0.2) is 5.78 Å². The summed E-state index contributed by atoms with van der Waals surface area (Å²) < 4.78 is 41.3. The van der Waals surface area contributed by atoms with Crippen molar-refractivity contribution in [1.29, 1.82) is 0 Å². The number of rotatable bonds is 9. The first-order chi connectivity index (χ1) is 18.1. The summed E-state index contributed by atoms with van der Waals surface area (Å²) >= 11 is 0. The number of nitrogens with one attached hydrogen (secondary N) is 3. The lowest BCUT2D eigenvalue weighted by Crippen LogP contribution is -2.37. The van der Waals surface area contributed by atoms with E-state index in [2.05, 4.69) is 25.9 Å². The van der Waals surface area contributed by atoms with Crippen LogP contribution in [-0.2, 0) is 17.4 Å². The van der Waals surface area contributed by atoms with Crippen molar-refractivity contribution < 1.29 is 22.8 Å². The fourth-order valence-corrected chi connectivity index (χ4v) is 5.47. The van der Waals surface area contributed by atoms with Crippen molar-refractivity contribution in [2.75, 3.05) is 18.4 Å². The predicted molar refractivity (Wildman–Crippen MR) is 139 cm³/mol. The van der Waals surface area contributed by atoms with E-state index in [4.69, 9.17) is 0 Å². The Balaban J connectivity index is 1.47. The standard InChI is InChI=1S/C28H36F3N5O2/c1-17(2)34-26(38)22-5-3-4-20(22)15-24-23(28(29,30)31)16-33-27(36-24)35-21-8-6-19(7-9-21)25(37)14-18-10-12-32-13-11-18/h6-9,16-18,20,22,32H,3-5,10-15H2,1-2H3,(H,34,38)(H,33,35,36)/t20-,22-/m0/s1. The zero-order chi connectivity index (χ0) is 27.3. The molecule has 3 N–H and O–H groups in total. The molecule has 0 unspecified atom stereocenters. The number of nitrogens with zero attached hydrogens (tertiary/aromatic N) is 2. The summed E-state index contributed by atoms with van der Waals surface area (Å²) in [4.78, 5) is 33.4. The fourth-order valence-electron chi connectivity index (χ4n) is 5.47. The van der Waals surface area contributed by atoms with E-state index in [1.54, 1.807) is 24.3 Å². The third-order valence-corrected chi connectivity index (χ3v) is 7.45. The van der Waals surface area contributed by atoms with Crippen LogP contribution in [0.5, 0.6) is 0 Å². The van der Waals surface area contributed by atoms with E-state index in [0.29, 0.717) is 36.4 Å². The van der Waals surface area contributed by atoms with Crippen molar-refractivity contribution in [3.8, 4) is 0 Å². The maximum Gasteiger partial charge on any atom is 0.419 e. The second kappa shape index (κ2) is 12.2. The minimum atomic E-state index is -4.60. The average Bonchev–Trinajstić information content (AvgIpc) is 3.32. The molecule has 206 valence electrons. The van der Waals surface area contributed by atoms with Crippen molar-refractivity contribution >= 4 is 23.3 Å². The first-order valence-corrected chi connectivity index (χ1v) is 13.4. The summed E-state index contributed by atoms with van der Waals surface area (Å²) in [5.41, 5.74) is 0.189. The Morgan fingerprint density at radius 2 is 1.79 bits per heavy atom. The van der Waals surface area contributed by atoms with Crippen LogP contribution < -0.4 is 16.0 Å². The second-order valence-corrected chi connectivity index (χ2v) is 10.7. The number of ketones is 1. The SMILES string of the molecule is CC(C)NC(=O)[C@H]1CCC[C@H]1Cc1nc(Nc2ccc(C(=O)CC3CCNCC3)cc2)ncc1C(F)(F)F. The highest BCUT2D eigenvalue weighted by atomic mass is 19.4. The van der Waals surface area contributed by atoms with E-state index >= 15 is 0 Å². The minimum Gasteiger partial charge on any atom is -0.354 e. The van der Waals surface area contributed by atoms with E-state index < -0.39 is 11.7 Å². The number of carbonyl (C=O) groups is 2. The number of amides is 1. The van der Waals surface area contributed by atoms with Gasteiger partial charge in [0.05, 0.1) is 11.3 Å². The van der Waals surface area contributed by atoms with Crippen molar-refractivity contribution in [1.82, 2.24) is 20.6 Å². The second-order valence-electron chi connectivity index (χ2n) is 10.7. The summed E-state index contributed by atoms with van der Waals surface area (Å²) in [7, 11) is 0. The van der Waals surface area contributed by atoms with Gasteiger partial charge in [0.1, 0.15) is 0 Å². The summed E-state index contributed by atoms with van der Waals surface area (Å²) in [5.74, 6) is -0.149. The highest BCUT2D eigenvalue weighted by Crippen LogP contribution is 2.38. The van der Waals surface area contributed by atoms with Crippen LogP contribution in [-0.4, -0.2) is 40.8 Å². The summed E-state index contributed by atoms with van der Waals surface area (Å²) in [5, 5.41) is 9.15. The number of carbonyl (C=O) groups excluding carboxylic acids is 2.